The molecule has 1 unspecified atom stereocenters. The molecule has 1 rings (SSSR count). The Balaban J connectivity index is 0.00000676. The maximum atomic E-state index is 12.5. The molecule has 0 amide bonds. The molecule has 0 bridgehead atoms. The molecule has 0 heterocycles. The van der Waals surface area contributed by atoms with Crippen LogP contribution in [0.3, 0.4) is 0 Å². The van der Waals surface area contributed by atoms with Gasteiger partial charge in [0, 0.05) is 29.6 Å². The Morgan fingerprint density at radius 2 is 1.19 bits per heavy atom. The third kappa shape index (κ3) is 13.1. The number of hydrogen-bond acceptors (Lipinski definition) is 3. The fraction of sp³-hybridized carbons (Fsp3) is 0.727. The summed E-state index contributed by atoms with van der Waals surface area (Å²) in [6.07, 6.45) is 14.7. The molecule has 27 heavy (non-hydrogen) atoms. The first-order valence-electron chi connectivity index (χ1n) is 10.6. The molecule has 0 aliphatic carbocycles. The van der Waals surface area contributed by atoms with Gasteiger partial charge < -0.3 is 0 Å². The van der Waals surface area contributed by atoms with Crippen molar-refractivity contribution in [2.75, 3.05) is 0 Å². The van der Waals surface area contributed by atoms with E-state index in [4.69, 9.17) is 4.18 Å². The van der Waals surface area contributed by atoms with E-state index in [0.29, 0.717) is 0 Å². The average molecular weight is 406 g/mol. The van der Waals surface area contributed by atoms with Gasteiger partial charge in [-0.2, -0.15) is 8.42 Å². The van der Waals surface area contributed by atoms with Crippen molar-refractivity contribution >= 4 is 39.7 Å². The summed E-state index contributed by atoms with van der Waals surface area (Å²) in [6, 6.07) is 8.52. The van der Waals surface area contributed by atoms with E-state index in [1.807, 2.05) is 6.07 Å². The van der Waals surface area contributed by atoms with Crippen LogP contribution < -0.4 is 0 Å². The monoisotopic (exact) mass is 405 g/mol. The van der Waals surface area contributed by atoms with Crippen LogP contribution in [-0.4, -0.2) is 44.1 Å². The van der Waals surface area contributed by atoms with E-state index in [1.54, 1.807) is 24.3 Å². The van der Waals surface area contributed by atoms with E-state index in [9.17, 15) is 8.42 Å². The first-order valence-corrected chi connectivity index (χ1v) is 12.0. The quantitative estimate of drug-likeness (QED) is 0.179. The number of unbranched alkanes of at least 4 members (excludes halogenated alkanes) is 9. The SMILES string of the molecule is CCCCCCCCC(CCCCCCC)OS(=O)(=O)c1ccccc1.[Na]. The van der Waals surface area contributed by atoms with Crippen LogP contribution in [0, 0.1) is 0 Å². The van der Waals surface area contributed by atoms with Gasteiger partial charge in [-0.3, -0.25) is 4.18 Å². The summed E-state index contributed by atoms with van der Waals surface area (Å²) in [7, 11) is -3.66. The molecule has 1 aromatic rings. The van der Waals surface area contributed by atoms with E-state index in [2.05, 4.69) is 13.8 Å². The molecule has 0 saturated heterocycles. The van der Waals surface area contributed by atoms with E-state index in [0.717, 1.165) is 32.1 Å². The Bertz CT molecular complexity index is 546. The number of rotatable bonds is 16. The van der Waals surface area contributed by atoms with Crippen molar-refractivity contribution < 1.29 is 12.6 Å². The van der Waals surface area contributed by atoms with Crippen LogP contribution >= 0.6 is 0 Å². The van der Waals surface area contributed by atoms with Gasteiger partial charge >= 0.3 is 0 Å². The second-order valence-corrected chi connectivity index (χ2v) is 8.82. The molecule has 0 saturated carbocycles. The van der Waals surface area contributed by atoms with Gasteiger partial charge in [0.15, 0.2) is 0 Å². The molecule has 5 heteroatoms. The van der Waals surface area contributed by atoms with Crippen molar-refractivity contribution in [1.29, 1.82) is 0 Å². The van der Waals surface area contributed by atoms with Gasteiger partial charge in [0.05, 0.1) is 11.0 Å². The first kappa shape index (κ1) is 27.1. The van der Waals surface area contributed by atoms with Crippen LogP contribution in [0.25, 0.3) is 0 Å². The van der Waals surface area contributed by atoms with Crippen molar-refractivity contribution in [1.82, 2.24) is 0 Å². The van der Waals surface area contributed by atoms with Gasteiger partial charge in [-0.05, 0) is 25.0 Å². The van der Waals surface area contributed by atoms with E-state index in [-0.39, 0.29) is 40.6 Å². The Labute approximate surface area is 190 Å². The van der Waals surface area contributed by atoms with Crippen molar-refractivity contribution in [2.45, 2.75) is 108 Å². The molecule has 1 aromatic carbocycles. The zero-order valence-corrected chi connectivity index (χ0v) is 20.6. The van der Waals surface area contributed by atoms with Crippen LogP contribution in [0.5, 0.6) is 0 Å². The molecule has 0 fully saturated rings. The number of benzene rings is 1. The fourth-order valence-corrected chi connectivity index (χ4v) is 4.34. The molecule has 1 atom stereocenters. The van der Waals surface area contributed by atoms with Gasteiger partial charge in [0.25, 0.3) is 10.1 Å². The van der Waals surface area contributed by atoms with Crippen LogP contribution in [0.1, 0.15) is 97.3 Å². The summed E-state index contributed by atoms with van der Waals surface area (Å²) in [5.41, 5.74) is 0. The molecule has 0 N–H and O–H groups in total. The van der Waals surface area contributed by atoms with E-state index >= 15 is 0 Å². The standard InChI is InChI=1S/C22H38O3S.Na/c1-3-5-7-9-11-14-18-21(17-13-10-8-6-4-2)25-26(23,24)22-19-15-12-16-20-22;/h12,15-16,19-21H,3-11,13-14,17-18H2,1-2H3;. The zero-order valence-electron chi connectivity index (χ0n) is 17.8. The summed E-state index contributed by atoms with van der Waals surface area (Å²) in [4.78, 5) is 0.263. The second kappa shape index (κ2) is 17.0. The normalized spacial score (nSPS) is 12.5. The van der Waals surface area contributed by atoms with Crippen LogP contribution in [-0.2, 0) is 14.3 Å². The van der Waals surface area contributed by atoms with Crippen molar-refractivity contribution in [3.63, 3.8) is 0 Å². The molecule has 0 spiro atoms. The smallest absolute Gasteiger partial charge is 0.263 e. The minimum Gasteiger partial charge on any atom is -0.263 e. The van der Waals surface area contributed by atoms with Gasteiger partial charge in [-0.15, -0.1) is 0 Å². The fourth-order valence-electron chi connectivity index (χ4n) is 3.19. The Kier molecular flexibility index (Phi) is 17.1. The maximum absolute atomic E-state index is 12.5. The Hall–Kier alpha value is 0.130. The molecule has 3 nitrogen and oxygen atoms in total. The summed E-state index contributed by atoms with van der Waals surface area (Å²) < 4.78 is 30.7. The zero-order chi connectivity index (χ0) is 19.1. The van der Waals surface area contributed by atoms with E-state index < -0.39 is 10.1 Å². The van der Waals surface area contributed by atoms with Gasteiger partial charge in [0.1, 0.15) is 0 Å². The summed E-state index contributed by atoms with van der Waals surface area (Å²) in [6.45, 7) is 4.42. The van der Waals surface area contributed by atoms with Gasteiger partial charge in [-0.25, -0.2) is 0 Å². The van der Waals surface area contributed by atoms with Crippen LogP contribution in [0.4, 0.5) is 0 Å². The summed E-state index contributed by atoms with van der Waals surface area (Å²) in [5, 5.41) is 0. The maximum Gasteiger partial charge on any atom is 0.297 e. The molecule has 151 valence electrons. The molecule has 1 radical (unpaired) electrons. The minimum atomic E-state index is -3.66. The summed E-state index contributed by atoms with van der Waals surface area (Å²) in [5.74, 6) is 0. The third-order valence-electron chi connectivity index (χ3n) is 4.80. The molecule has 0 aromatic heterocycles. The molecular weight excluding hydrogens is 367 g/mol. The van der Waals surface area contributed by atoms with Crippen LogP contribution in [0.2, 0.25) is 0 Å². The van der Waals surface area contributed by atoms with E-state index in [1.165, 1.54) is 51.4 Å². The molecule has 0 aliphatic rings. The first-order chi connectivity index (χ1) is 12.6. The Morgan fingerprint density at radius 1 is 0.741 bits per heavy atom. The Morgan fingerprint density at radius 3 is 1.67 bits per heavy atom. The number of hydrogen-bond donors (Lipinski definition) is 0. The average Bonchev–Trinajstić information content (AvgIpc) is 2.64. The predicted octanol–water partition coefficient (Wildman–Crippen LogP) is 6.49. The minimum absolute atomic E-state index is 0. The third-order valence-corrected chi connectivity index (χ3v) is 6.18. The predicted molar refractivity (Wildman–Crippen MR) is 116 cm³/mol. The van der Waals surface area contributed by atoms with Crippen molar-refractivity contribution in [3.05, 3.63) is 30.3 Å². The van der Waals surface area contributed by atoms with Gasteiger partial charge in [0.2, 0.25) is 0 Å². The van der Waals surface area contributed by atoms with Crippen LogP contribution in [0.15, 0.2) is 35.2 Å². The van der Waals surface area contributed by atoms with Crippen molar-refractivity contribution in [3.8, 4) is 0 Å². The largest absolute Gasteiger partial charge is 0.297 e. The topological polar surface area (TPSA) is 43.4 Å². The van der Waals surface area contributed by atoms with Gasteiger partial charge in [-0.1, -0.05) is 103 Å². The summed E-state index contributed by atoms with van der Waals surface area (Å²) >= 11 is 0. The second-order valence-electron chi connectivity index (χ2n) is 7.24. The molecular formula is C22H38NaO3S. The molecule has 0 aliphatic heterocycles. The van der Waals surface area contributed by atoms with Crippen molar-refractivity contribution in [2.24, 2.45) is 0 Å².